The molecule has 0 saturated heterocycles. The molecule has 4 N–H and O–H groups in total. The Kier molecular flexibility index (Phi) is 3.08. The first-order chi connectivity index (χ1) is 9.66. The van der Waals surface area contributed by atoms with Crippen LogP contribution in [0.15, 0.2) is 57.4 Å². The summed E-state index contributed by atoms with van der Waals surface area (Å²) in [5.74, 6) is 0.219. The highest BCUT2D eigenvalue weighted by molar-refractivity contribution is 7.99. The van der Waals surface area contributed by atoms with Crippen molar-refractivity contribution in [2.24, 2.45) is 0 Å². The third kappa shape index (κ3) is 2.10. The molecule has 0 aliphatic carbocycles. The number of H-pyrrole nitrogens is 1. The second-order valence-corrected chi connectivity index (χ2v) is 5.21. The van der Waals surface area contributed by atoms with Crippen LogP contribution in [0, 0.1) is 0 Å². The Morgan fingerprint density at radius 3 is 2.70 bits per heavy atom. The lowest BCUT2D eigenvalue weighted by molar-refractivity contribution is 0.481. The molecular weight excluding hydrogens is 274 g/mol. The summed E-state index contributed by atoms with van der Waals surface area (Å²) in [7, 11) is 0. The molecule has 20 heavy (non-hydrogen) atoms. The van der Waals surface area contributed by atoms with Gasteiger partial charge < -0.3 is 15.8 Å². The molecule has 0 atom stereocenters. The van der Waals surface area contributed by atoms with Crippen LogP contribution in [0.3, 0.4) is 0 Å². The van der Waals surface area contributed by atoms with Crippen molar-refractivity contribution in [1.29, 1.82) is 0 Å². The first-order valence-corrected chi connectivity index (χ1v) is 6.70. The number of hydrogen-bond donors (Lipinski definition) is 3. The number of nitrogens with zero attached hydrogens (tertiary/aromatic N) is 1. The third-order valence-electron chi connectivity index (χ3n) is 2.92. The van der Waals surface area contributed by atoms with Gasteiger partial charge in [0.15, 0.2) is 0 Å². The van der Waals surface area contributed by atoms with Crippen molar-refractivity contribution in [2.45, 2.75) is 9.92 Å². The predicted octanol–water partition coefficient (Wildman–Crippen LogP) is 2.36. The maximum Gasteiger partial charge on any atom is 0.275 e. The van der Waals surface area contributed by atoms with Crippen LogP contribution in [0.1, 0.15) is 0 Å². The molecule has 3 rings (SSSR count). The van der Waals surface area contributed by atoms with Gasteiger partial charge in [-0.3, -0.25) is 4.79 Å². The summed E-state index contributed by atoms with van der Waals surface area (Å²) in [5, 5.41) is 11.9. The summed E-state index contributed by atoms with van der Waals surface area (Å²) in [6, 6.07) is 10.9. The fourth-order valence-corrected chi connectivity index (χ4v) is 2.86. The van der Waals surface area contributed by atoms with Crippen LogP contribution < -0.4 is 11.3 Å². The third-order valence-corrected chi connectivity index (χ3v) is 4.01. The standard InChI is InChI=1S/C14H11N3O2S/c15-12-13(19)16-7-17-14(12)20-11-6-5-10(18)8-3-1-2-4-9(8)11/h1-7,18H,15H2,(H,16,17,19). The Bertz CT molecular complexity index is 845. The fourth-order valence-electron chi connectivity index (χ4n) is 1.92. The lowest BCUT2D eigenvalue weighted by atomic mass is 10.1. The monoisotopic (exact) mass is 285 g/mol. The molecule has 0 fully saturated rings. The molecule has 6 heteroatoms. The van der Waals surface area contributed by atoms with Crippen molar-refractivity contribution >= 4 is 28.2 Å². The van der Waals surface area contributed by atoms with Crippen LogP contribution >= 0.6 is 11.8 Å². The number of anilines is 1. The lowest BCUT2D eigenvalue weighted by Crippen LogP contribution is -2.13. The Hall–Kier alpha value is -2.47. The van der Waals surface area contributed by atoms with Crippen molar-refractivity contribution in [3.63, 3.8) is 0 Å². The molecule has 100 valence electrons. The topological polar surface area (TPSA) is 92.0 Å². The van der Waals surface area contributed by atoms with Crippen molar-refractivity contribution in [1.82, 2.24) is 9.97 Å². The minimum Gasteiger partial charge on any atom is -0.507 e. The van der Waals surface area contributed by atoms with E-state index in [1.54, 1.807) is 12.1 Å². The second kappa shape index (κ2) is 4.90. The van der Waals surface area contributed by atoms with E-state index in [0.29, 0.717) is 5.03 Å². The minimum atomic E-state index is -0.356. The molecular formula is C14H11N3O2S. The van der Waals surface area contributed by atoms with E-state index in [4.69, 9.17) is 5.73 Å². The number of rotatable bonds is 2. The zero-order valence-electron chi connectivity index (χ0n) is 10.3. The van der Waals surface area contributed by atoms with Gasteiger partial charge in [0.05, 0.1) is 6.33 Å². The van der Waals surface area contributed by atoms with Gasteiger partial charge in [0.1, 0.15) is 16.5 Å². The van der Waals surface area contributed by atoms with Crippen LogP contribution in [0.4, 0.5) is 5.69 Å². The molecule has 0 radical (unpaired) electrons. The highest BCUT2D eigenvalue weighted by Crippen LogP contribution is 2.37. The molecule has 0 bridgehead atoms. The van der Waals surface area contributed by atoms with Gasteiger partial charge in [-0.2, -0.15) is 0 Å². The molecule has 0 spiro atoms. The summed E-state index contributed by atoms with van der Waals surface area (Å²) in [6.07, 6.45) is 1.32. The van der Waals surface area contributed by atoms with Crippen LogP contribution in [0.5, 0.6) is 5.75 Å². The van der Waals surface area contributed by atoms with Crippen molar-refractivity contribution in [2.75, 3.05) is 5.73 Å². The summed E-state index contributed by atoms with van der Waals surface area (Å²) < 4.78 is 0. The number of nitrogens with two attached hydrogens (primary N) is 1. The number of phenols is 1. The van der Waals surface area contributed by atoms with Gasteiger partial charge in [-0.05, 0) is 17.5 Å². The summed E-state index contributed by atoms with van der Waals surface area (Å²) >= 11 is 1.30. The molecule has 0 unspecified atom stereocenters. The smallest absolute Gasteiger partial charge is 0.275 e. The minimum absolute atomic E-state index is 0.0923. The quantitative estimate of drug-likeness (QED) is 0.629. The van der Waals surface area contributed by atoms with Gasteiger partial charge in [-0.1, -0.05) is 36.0 Å². The van der Waals surface area contributed by atoms with E-state index >= 15 is 0 Å². The Labute approximate surface area is 118 Å². The van der Waals surface area contributed by atoms with E-state index in [2.05, 4.69) is 9.97 Å². The highest BCUT2D eigenvalue weighted by atomic mass is 32.2. The largest absolute Gasteiger partial charge is 0.507 e. The van der Waals surface area contributed by atoms with E-state index in [1.165, 1.54) is 18.1 Å². The van der Waals surface area contributed by atoms with Gasteiger partial charge in [0.2, 0.25) is 0 Å². The molecule has 0 aliphatic rings. The van der Waals surface area contributed by atoms with Crippen molar-refractivity contribution in [3.8, 4) is 5.75 Å². The molecule has 5 nitrogen and oxygen atoms in total. The van der Waals surface area contributed by atoms with E-state index in [9.17, 15) is 9.90 Å². The summed E-state index contributed by atoms with van der Waals surface area (Å²) in [4.78, 5) is 18.9. The summed E-state index contributed by atoms with van der Waals surface area (Å²) in [6.45, 7) is 0. The number of benzene rings is 2. The van der Waals surface area contributed by atoms with Crippen LogP contribution in [0.25, 0.3) is 10.8 Å². The number of hydrogen-bond acceptors (Lipinski definition) is 5. The molecule has 3 aromatic rings. The van der Waals surface area contributed by atoms with Crippen LogP contribution in [-0.2, 0) is 0 Å². The number of nitrogens with one attached hydrogen (secondary N) is 1. The maximum atomic E-state index is 11.5. The van der Waals surface area contributed by atoms with E-state index < -0.39 is 0 Å². The van der Waals surface area contributed by atoms with Gasteiger partial charge >= 0.3 is 0 Å². The van der Waals surface area contributed by atoms with E-state index in [0.717, 1.165) is 15.7 Å². The maximum absolute atomic E-state index is 11.5. The lowest BCUT2D eigenvalue weighted by Gasteiger charge is -2.08. The Morgan fingerprint density at radius 2 is 1.90 bits per heavy atom. The normalized spacial score (nSPS) is 10.8. The van der Waals surface area contributed by atoms with Gasteiger partial charge in [0, 0.05) is 10.3 Å². The fraction of sp³-hybridized carbons (Fsp3) is 0. The number of aromatic hydroxyl groups is 1. The Morgan fingerprint density at radius 1 is 1.15 bits per heavy atom. The number of nitrogen functional groups attached to an aromatic ring is 1. The molecule has 0 aliphatic heterocycles. The molecule has 0 amide bonds. The first kappa shape index (κ1) is 12.6. The predicted molar refractivity (Wildman–Crippen MR) is 79.0 cm³/mol. The zero-order valence-corrected chi connectivity index (χ0v) is 11.1. The van der Waals surface area contributed by atoms with Gasteiger partial charge in [-0.15, -0.1) is 0 Å². The SMILES string of the molecule is Nc1c(Sc2ccc(O)c3ccccc23)nc[nH]c1=O. The molecule has 1 aromatic heterocycles. The number of aromatic nitrogens is 2. The zero-order chi connectivity index (χ0) is 14.1. The van der Waals surface area contributed by atoms with E-state index in [-0.39, 0.29) is 17.0 Å². The average molecular weight is 285 g/mol. The van der Waals surface area contributed by atoms with Crippen molar-refractivity contribution < 1.29 is 5.11 Å². The number of fused-ring (bicyclic) bond motifs is 1. The first-order valence-electron chi connectivity index (χ1n) is 5.88. The highest BCUT2D eigenvalue weighted by Gasteiger charge is 2.10. The van der Waals surface area contributed by atoms with E-state index in [1.807, 2.05) is 24.3 Å². The number of phenolic OH excluding ortho intramolecular Hbond substituents is 1. The molecule has 0 saturated carbocycles. The molecule has 2 aromatic carbocycles. The number of aromatic amines is 1. The molecule has 1 heterocycles. The van der Waals surface area contributed by atoms with Crippen LogP contribution in [-0.4, -0.2) is 15.1 Å². The second-order valence-electron chi connectivity index (χ2n) is 4.18. The summed E-state index contributed by atoms with van der Waals surface area (Å²) in [5.41, 5.74) is 5.46. The van der Waals surface area contributed by atoms with Gasteiger partial charge in [-0.25, -0.2) is 4.98 Å². The van der Waals surface area contributed by atoms with Crippen molar-refractivity contribution in [3.05, 3.63) is 53.1 Å². The average Bonchev–Trinajstić information content (AvgIpc) is 2.47. The Balaban J connectivity index is 2.14. The van der Waals surface area contributed by atoms with Crippen LogP contribution in [0.2, 0.25) is 0 Å². The van der Waals surface area contributed by atoms with Gasteiger partial charge in [0.25, 0.3) is 5.56 Å².